The van der Waals surface area contributed by atoms with E-state index in [1.165, 1.54) is 0 Å². The maximum atomic E-state index is 5.87. The van der Waals surface area contributed by atoms with Gasteiger partial charge in [-0.05, 0) is 45.7 Å². The standard InChI is InChI=1S/C16H24N6OS2.ClH/c1-11-18-19-14(25-11)10-24-16-21-20-15(12-4-6-17-7-5-12)22(16)9-13-3-2-8-23-13;/h12-13,17H,2-10H2,1H3;1H. The second-order valence-electron chi connectivity index (χ2n) is 6.61. The fraction of sp³-hybridized carbons (Fsp3) is 0.750. The second-order valence-corrected chi connectivity index (χ2v) is 8.82. The van der Waals surface area contributed by atoms with Crippen molar-refractivity contribution < 1.29 is 4.74 Å². The number of piperidine rings is 1. The van der Waals surface area contributed by atoms with Crippen molar-refractivity contribution >= 4 is 35.5 Å². The highest BCUT2D eigenvalue weighted by Gasteiger charge is 2.26. The molecule has 0 saturated carbocycles. The third-order valence-electron chi connectivity index (χ3n) is 4.75. The number of hydrogen-bond acceptors (Lipinski definition) is 8. The first kappa shape index (κ1) is 20.0. The molecule has 0 radical (unpaired) electrons. The van der Waals surface area contributed by atoms with Crippen LogP contribution in [0.4, 0.5) is 0 Å². The molecule has 4 heterocycles. The monoisotopic (exact) mass is 416 g/mol. The van der Waals surface area contributed by atoms with Crippen molar-refractivity contribution in [2.45, 2.75) is 62.1 Å². The maximum Gasteiger partial charge on any atom is 0.191 e. The summed E-state index contributed by atoms with van der Waals surface area (Å²) in [5.41, 5.74) is 0. The van der Waals surface area contributed by atoms with E-state index in [0.29, 0.717) is 12.0 Å². The molecule has 1 unspecified atom stereocenters. The summed E-state index contributed by atoms with van der Waals surface area (Å²) in [5, 5.41) is 23.9. The smallest absolute Gasteiger partial charge is 0.191 e. The van der Waals surface area contributed by atoms with Gasteiger partial charge in [0.15, 0.2) is 5.16 Å². The number of nitrogens with one attached hydrogen (secondary N) is 1. The van der Waals surface area contributed by atoms with E-state index >= 15 is 0 Å². The molecule has 2 aliphatic heterocycles. The molecule has 1 atom stereocenters. The molecule has 0 aliphatic carbocycles. The van der Waals surface area contributed by atoms with Gasteiger partial charge in [0.25, 0.3) is 0 Å². The van der Waals surface area contributed by atoms with Gasteiger partial charge < -0.3 is 14.6 Å². The Labute approximate surface area is 168 Å². The van der Waals surface area contributed by atoms with Gasteiger partial charge in [0.05, 0.1) is 18.4 Å². The fourth-order valence-corrected chi connectivity index (χ4v) is 5.12. The van der Waals surface area contributed by atoms with Crippen molar-refractivity contribution in [1.29, 1.82) is 0 Å². The van der Waals surface area contributed by atoms with Gasteiger partial charge in [0, 0.05) is 12.5 Å². The Morgan fingerprint density at radius 1 is 1.19 bits per heavy atom. The molecular weight excluding hydrogens is 392 g/mol. The Balaban J connectivity index is 0.00000196. The number of halogens is 1. The zero-order chi connectivity index (χ0) is 17.1. The Morgan fingerprint density at radius 2 is 2.04 bits per heavy atom. The van der Waals surface area contributed by atoms with E-state index in [0.717, 1.165) is 78.7 Å². The summed E-state index contributed by atoms with van der Waals surface area (Å²) in [4.78, 5) is 0. The lowest BCUT2D eigenvalue weighted by atomic mass is 9.97. The van der Waals surface area contributed by atoms with Crippen LogP contribution in [0.2, 0.25) is 0 Å². The van der Waals surface area contributed by atoms with Crippen LogP contribution in [0, 0.1) is 6.92 Å². The predicted molar refractivity (Wildman–Crippen MR) is 105 cm³/mol. The lowest BCUT2D eigenvalue weighted by molar-refractivity contribution is 0.0936. The average molecular weight is 417 g/mol. The summed E-state index contributed by atoms with van der Waals surface area (Å²) in [6.45, 7) is 5.85. The van der Waals surface area contributed by atoms with Gasteiger partial charge in [-0.2, -0.15) is 0 Å². The molecule has 10 heteroatoms. The van der Waals surface area contributed by atoms with E-state index in [2.05, 4.69) is 30.3 Å². The molecule has 2 fully saturated rings. The van der Waals surface area contributed by atoms with E-state index < -0.39 is 0 Å². The minimum absolute atomic E-state index is 0. The van der Waals surface area contributed by atoms with E-state index in [4.69, 9.17) is 4.74 Å². The van der Waals surface area contributed by atoms with Crippen LogP contribution in [0.5, 0.6) is 0 Å². The van der Waals surface area contributed by atoms with Gasteiger partial charge in [-0.15, -0.1) is 44.1 Å². The molecule has 2 aliphatic rings. The zero-order valence-electron chi connectivity index (χ0n) is 14.9. The van der Waals surface area contributed by atoms with E-state index in [1.807, 2.05) is 6.92 Å². The maximum absolute atomic E-state index is 5.87. The summed E-state index contributed by atoms with van der Waals surface area (Å²) in [5.74, 6) is 2.42. The van der Waals surface area contributed by atoms with Crippen molar-refractivity contribution in [3.63, 3.8) is 0 Å². The first-order valence-corrected chi connectivity index (χ1v) is 10.8. The molecule has 26 heavy (non-hydrogen) atoms. The molecule has 144 valence electrons. The van der Waals surface area contributed by atoms with Gasteiger partial charge in [-0.1, -0.05) is 11.8 Å². The Morgan fingerprint density at radius 3 is 2.73 bits per heavy atom. The number of hydrogen-bond donors (Lipinski definition) is 1. The molecule has 0 bridgehead atoms. The van der Waals surface area contributed by atoms with Crippen LogP contribution in [0.15, 0.2) is 5.16 Å². The summed E-state index contributed by atoms with van der Waals surface area (Å²) in [6, 6.07) is 0. The SMILES string of the molecule is Cc1nnc(CSc2nnc(C3CCNCC3)n2CC2CCCO2)s1.Cl. The molecule has 1 N–H and O–H groups in total. The molecule has 7 nitrogen and oxygen atoms in total. The molecular formula is C16H25ClN6OS2. The first-order chi connectivity index (χ1) is 12.3. The minimum atomic E-state index is 0. The highest BCUT2D eigenvalue weighted by atomic mass is 35.5. The fourth-order valence-electron chi connectivity index (χ4n) is 3.47. The molecule has 0 aromatic carbocycles. The van der Waals surface area contributed by atoms with Crippen LogP contribution in [0.1, 0.15) is 47.4 Å². The van der Waals surface area contributed by atoms with Crippen molar-refractivity contribution in [3.8, 4) is 0 Å². The van der Waals surface area contributed by atoms with Crippen LogP contribution < -0.4 is 5.32 Å². The van der Waals surface area contributed by atoms with E-state index in [1.54, 1.807) is 23.1 Å². The second kappa shape index (κ2) is 9.45. The van der Waals surface area contributed by atoms with Crippen molar-refractivity contribution in [2.75, 3.05) is 19.7 Å². The number of thioether (sulfide) groups is 1. The third-order valence-corrected chi connectivity index (χ3v) is 6.75. The number of ether oxygens (including phenoxy) is 1. The van der Waals surface area contributed by atoms with Crippen molar-refractivity contribution in [2.24, 2.45) is 0 Å². The Kier molecular flexibility index (Phi) is 7.27. The zero-order valence-corrected chi connectivity index (χ0v) is 17.3. The van der Waals surface area contributed by atoms with Crippen LogP contribution in [0.3, 0.4) is 0 Å². The molecule has 2 aromatic rings. The molecule has 2 saturated heterocycles. The number of nitrogens with zero attached hydrogens (tertiary/aromatic N) is 5. The van der Waals surface area contributed by atoms with Crippen LogP contribution >= 0.6 is 35.5 Å². The van der Waals surface area contributed by atoms with Gasteiger partial charge >= 0.3 is 0 Å². The molecule has 0 amide bonds. The normalized spacial score (nSPS) is 21.0. The van der Waals surface area contributed by atoms with Gasteiger partial charge in [0.2, 0.25) is 0 Å². The lowest BCUT2D eigenvalue weighted by Gasteiger charge is -2.23. The van der Waals surface area contributed by atoms with E-state index in [-0.39, 0.29) is 12.4 Å². The average Bonchev–Trinajstić information content (AvgIpc) is 3.36. The summed E-state index contributed by atoms with van der Waals surface area (Å²) in [6.07, 6.45) is 4.83. The third kappa shape index (κ3) is 4.75. The summed E-state index contributed by atoms with van der Waals surface area (Å²) >= 11 is 3.35. The van der Waals surface area contributed by atoms with Gasteiger partial charge in [-0.3, -0.25) is 0 Å². The number of aryl methyl sites for hydroxylation is 1. The highest BCUT2D eigenvalue weighted by molar-refractivity contribution is 7.98. The minimum Gasteiger partial charge on any atom is -0.376 e. The first-order valence-electron chi connectivity index (χ1n) is 8.97. The van der Waals surface area contributed by atoms with Crippen molar-refractivity contribution in [3.05, 3.63) is 15.8 Å². The number of aromatic nitrogens is 5. The Hall–Kier alpha value is -0.740. The number of rotatable bonds is 6. The van der Waals surface area contributed by atoms with Crippen LogP contribution in [-0.2, 0) is 17.0 Å². The van der Waals surface area contributed by atoms with Crippen molar-refractivity contribution in [1.82, 2.24) is 30.3 Å². The largest absolute Gasteiger partial charge is 0.376 e. The molecule has 0 spiro atoms. The quantitative estimate of drug-likeness (QED) is 0.725. The molecule has 2 aromatic heterocycles. The van der Waals surface area contributed by atoms with Crippen LogP contribution in [0.25, 0.3) is 0 Å². The van der Waals surface area contributed by atoms with E-state index in [9.17, 15) is 0 Å². The lowest BCUT2D eigenvalue weighted by Crippen LogP contribution is -2.29. The van der Waals surface area contributed by atoms with Gasteiger partial charge in [-0.25, -0.2) is 0 Å². The van der Waals surface area contributed by atoms with Crippen LogP contribution in [-0.4, -0.2) is 50.8 Å². The Bertz CT molecular complexity index is 697. The topological polar surface area (TPSA) is 77.8 Å². The van der Waals surface area contributed by atoms with Gasteiger partial charge in [0.1, 0.15) is 15.8 Å². The predicted octanol–water partition coefficient (Wildman–Crippen LogP) is 2.80. The molecule has 4 rings (SSSR count). The highest BCUT2D eigenvalue weighted by Crippen LogP contribution is 2.30. The summed E-state index contributed by atoms with van der Waals surface area (Å²) in [7, 11) is 0. The summed E-state index contributed by atoms with van der Waals surface area (Å²) < 4.78 is 8.18.